The molecule has 1 aliphatic heterocycles. The highest BCUT2D eigenvalue weighted by Gasteiger charge is 2.22. The molecule has 1 aromatic rings. The van der Waals surface area contributed by atoms with Crippen LogP contribution in [0.25, 0.3) is 0 Å². The van der Waals surface area contributed by atoms with Crippen LogP contribution in [0.5, 0.6) is 0 Å². The van der Waals surface area contributed by atoms with Crippen LogP contribution in [-0.2, 0) is 4.84 Å². The molecule has 5 heteroatoms. The Morgan fingerprint density at radius 2 is 2.00 bits per heavy atom. The molecule has 0 unspecified atom stereocenters. The van der Waals surface area contributed by atoms with E-state index in [1.54, 1.807) is 0 Å². The highest BCUT2D eigenvalue weighted by Crippen LogP contribution is 2.17. The number of nitriles is 1. The number of halogens is 2. The summed E-state index contributed by atoms with van der Waals surface area (Å²) in [5.41, 5.74) is 0.699. The van der Waals surface area contributed by atoms with E-state index in [4.69, 9.17) is 10.1 Å². The molecule has 76 valence electrons. The number of nitrogens with zero attached hydrogens (tertiary/aromatic N) is 2. The molecule has 0 fully saturated rings. The second-order valence-corrected chi connectivity index (χ2v) is 3.12. The summed E-state index contributed by atoms with van der Waals surface area (Å²) in [7, 11) is 0. The van der Waals surface area contributed by atoms with E-state index in [1.807, 2.05) is 6.07 Å². The Bertz CT molecular complexity index is 445. The standard InChI is InChI=1S/C10H6F2N2O/c11-7-1-6(2-8(12)3-7)10-4-9(5-13)15-14-10/h1-3,9H,4H2/t9-/m1/s1. The normalized spacial score (nSPS) is 19.3. The molecule has 0 aromatic heterocycles. The van der Waals surface area contributed by atoms with Gasteiger partial charge in [-0.15, -0.1) is 0 Å². The molecule has 1 aromatic carbocycles. The highest BCUT2D eigenvalue weighted by molar-refractivity contribution is 6.01. The first-order chi connectivity index (χ1) is 7.19. The first kappa shape index (κ1) is 9.59. The van der Waals surface area contributed by atoms with Gasteiger partial charge < -0.3 is 4.84 Å². The summed E-state index contributed by atoms with van der Waals surface area (Å²) in [4.78, 5) is 4.73. The quantitative estimate of drug-likeness (QED) is 0.708. The Balaban J connectivity index is 2.28. The van der Waals surface area contributed by atoms with E-state index in [1.165, 1.54) is 0 Å². The monoisotopic (exact) mass is 208 g/mol. The van der Waals surface area contributed by atoms with Crippen LogP contribution in [0.1, 0.15) is 12.0 Å². The van der Waals surface area contributed by atoms with E-state index in [2.05, 4.69) is 5.16 Å². The zero-order valence-electron chi connectivity index (χ0n) is 7.58. The van der Waals surface area contributed by atoms with E-state index in [0.29, 0.717) is 11.3 Å². The third-order valence-corrected chi connectivity index (χ3v) is 2.01. The molecule has 0 spiro atoms. The Kier molecular flexibility index (Phi) is 2.34. The van der Waals surface area contributed by atoms with Crippen LogP contribution in [0, 0.1) is 23.0 Å². The van der Waals surface area contributed by atoms with Crippen molar-refractivity contribution in [3.8, 4) is 6.07 Å². The maximum Gasteiger partial charge on any atom is 0.218 e. The van der Waals surface area contributed by atoms with Gasteiger partial charge in [0, 0.05) is 18.1 Å². The first-order valence-electron chi connectivity index (χ1n) is 4.28. The zero-order valence-corrected chi connectivity index (χ0v) is 7.58. The number of benzene rings is 1. The van der Waals surface area contributed by atoms with Crippen LogP contribution in [0.2, 0.25) is 0 Å². The van der Waals surface area contributed by atoms with Gasteiger partial charge in [0.05, 0.1) is 5.71 Å². The van der Waals surface area contributed by atoms with Gasteiger partial charge in [0.2, 0.25) is 6.10 Å². The lowest BCUT2D eigenvalue weighted by Gasteiger charge is -1.99. The molecule has 0 radical (unpaired) electrons. The minimum Gasteiger partial charge on any atom is -0.376 e. The highest BCUT2D eigenvalue weighted by atomic mass is 19.1. The van der Waals surface area contributed by atoms with Gasteiger partial charge in [-0.1, -0.05) is 5.16 Å². The van der Waals surface area contributed by atoms with Crippen LogP contribution in [0.3, 0.4) is 0 Å². The predicted molar refractivity (Wildman–Crippen MR) is 48.0 cm³/mol. The zero-order chi connectivity index (χ0) is 10.8. The van der Waals surface area contributed by atoms with Gasteiger partial charge in [0.25, 0.3) is 0 Å². The molecular formula is C10H6F2N2O. The molecule has 1 aliphatic rings. The second-order valence-electron chi connectivity index (χ2n) is 3.12. The van der Waals surface area contributed by atoms with E-state index in [-0.39, 0.29) is 6.42 Å². The number of oxime groups is 1. The summed E-state index contributed by atoms with van der Waals surface area (Å²) >= 11 is 0. The van der Waals surface area contributed by atoms with Crippen LogP contribution >= 0.6 is 0 Å². The summed E-state index contributed by atoms with van der Waals surface area (Å²) in [5.74, 6) is -1.35. The molecule has 0 N–H and O–H groups in total. The Morgan fingerprint density at radius 1 is 1.33 bits per heavy atom. The molecule has 0 bridgehead atoms. The van der Waals surface area contributed by atoms with Crippen LogP contribution in [0.15, 0.2) is 23.4 Å². The molecule has 1 atom stereocenters. The van der Waals surface area contributed by atoms with Crippen molar-refractivity contribution >= 4 is 5.71 Å². The van der Waals surface area contributed by atoms with Gasteiger partial charge in [-0.05, 0) is 12.1 Å². The average Bonchev–Trinajstić information content (AvgIpc) is 2.64. The molecule has 3 nitrogen and oxygen atoms in total. The van der Waals surface area contributed by atoms with E-state index < -0.39 is 17.7 Å². The van der Waals surface area contributed by atoms with Crippen molar-refractivity contribution in [2.45, 2.75) is 12.5 Å². The smallest absolute Gasteiger partial charge is 0.218 e. The van der Waals surface area contributed by atoms with Gasteiger partial charge >= 0.3 is 0 Å². The Labute approximate surface area is 84.6 Å². The molecular weight excluding hydrogens is 202 g/mol. The van der Waals surface area contributed by atoms with Crippen molar-refractivity contribution in [1.29, 1.82) is 5.26 Å². The maximum atomic E-state index is 12.9. The van der Waals surface area contributed by atoms with Crippen LogP contribution in [-0.4, -0.2) is 11.8 Å². The lowest BCUT2D eigenvalue weighted by atomic mass is 10.1. The minimum absolute atomic E-state index is 0.249. The van der Waals surface area contributed by atoms with Crippen molar-refractivity contribution in [3.05, 3.63) is 35.4 Å². The Hall–Kier alpha value is -1.96. The molecule has 0 saturated heterocycles. The molecule has 0 amide bonds. The number of hydrogen-bond acceptors (Lipinski definition) is 3. The average molecular weight is 208 g/mol. The van der Waals surface area contributed by atoms with Crippen molar-refractivity contribution < 1.29 is 13.6 Å². The van der Waals surface area contributed by atoms with Crippen molar-refractivity contribution in [1.82, 2.24) is 0 Å². The lowest BCUT2D eigenvalue weighted by molar-refractivity contribution is 0.125. The van der Waals surface area contributed by atoms with Crippen molar-refractivity contribution in [3.63, 3.8) is 0 Å². The first-order valence-corrected chi connectivity index (χ1v) is 4.28. The van der Waals surface area contributed by atoms with Crippen molar-refractivity contribution in [2.24, 2.45) is 5.16 Å². The molecule has 2 rings (SSSR count). The summed E-state index contributed by atoms with van der Waals surface area (Å²) in [5, 5.41) is 12.1. The lowest BCUT2D eigenvalue weighted by Crippen LogP contribution is -2.05. The van der Waals surface area contributed by atoms with Crippen LogP contribution < -0.4 is 0 Å². The molecule has 0 aliphatic carbocycles. The maximum absolute atomic E-state index is 12.9. The van der Waals surface area contributed by atoms with Crippen LogP contribution in [0.4, 0.5) is 8.78 Å². The topological polar surface area (TPSA) is 45.4 Å². The summed E-state index contributed by atoms with van der Waals surface area (Å²) in [6, 6.07) is 4.96. The third-order valence-electron chi connectivity index (χ3n) is 2.01. The molecule has 15 heavy (non-hydrogen) atoms. The van der Waals surface area contributed by atoms with E-state index in [0.717, 1.165) is 18.2 Å². The van der Waals surface area contributed by atoms with Gasteiger partial charge in [-0.25, -0.2) is 8.78 Å². The summed E-state index contributed by atoms with van der Waals surface area (Å²) < 4.78 is 25.7. The van der Waals surface area contributed by atoms with E-state index in [9.17, 15) is 8.78 Å². The molecule has 1 heterocycles. The van der Waals surface area contributed by atoms with Gasteiger partial charge in [0.1, 0.15) is 17.7 Å². The van der Waals surface area contributed by atoms with Gasteiger partial charge in [-0.2, -0.15) is 5.26 Å². The van der Waals surface area contributed by atoms with Gasteiger partial charge in [-0.3, -0.25) is 0 Å². The predicted octanol–water partition coefficient (Wildman–Crippen LogP) is 1.98. The summed E-state index contributed by atoms with van der Waals surface area (Å²) in [6.07, 6.45) is -0.411. The largest absolute Gasteiger partial charge is 0.376 e. The number of hydrogen-bond donors (Lipinski definition) is 0. The SMILES string of the molecule is N#C[C@H]1CC(c2cc(F)cc(F)c2)=NO1. The third kappa shape index (κ3) is 1.94. The van der Waals surface area contributed by atoms with Crippen molar-refractivity contribution in [2.75, 3.05) is 0 Å². The summed E-state index contributed by atoms with van der Waals surface area (Å²) in [6.45, 7) is 0. The number of rotatable bonds is 1. The minimum atomic E-state index is -0.673. The molecule has 0 saturated carbocycles. The van der Waals surface area contributed by atoms with Gasteiger partial charge in [0.15, 0.2) is 0 Å². The second kappa shape index (κ2) is 3.65. The fourth-order valence-electron chi connectivity index (χ4n) is 1.34. The fourth-order valence-corrected chi connectivity index (χ4v) is 1.34. The fraction of sp³-hybridized carbons (Fsp3) is 0.200. The van der Waals surface area contributed by atoms with E-state index >= 15 is 0 Å². The Morgan fingerprint density at radius 3 is 2.53 bits per heavy atom.